The van der Waals surface area contributed by atoms with Crippen molar-refractivity contribution in [2.75, 3.05) is 16.8 Å². The fraction of sp³-hybridized carbons (Fsp3) is 0.208. The van der Waals surface area contributed by atoms with Crippen LogP contribution in [-0.2, 0) is 9.59 Å². The van der Waals surface area contributed by atoms with Gasteiger partial charge < -0.3 is 4.90 Å². The van der Waals surface area contributed by atoms with Gasteiger partial charge in [-0.25, -0.2) is 9.69 Å². The monoisotopic (exact) mass is 469 g/mol. The third-order valence-corrected chi connectivity index (χ3v) is 6.37. The number of rotatable bonds is 2. The molecular formula is C24H21Cl2N3O3. The van der Waals surface area contributed by atoms with E-state index in [9.17, 15) is 14.4 Å². The molecule has 1 saturated heterocycles. The van der Waals surface area contributed by atoms with Gasteiger partial charge >= 0.3 is 6.03 Å². The summed E-state index contributed by atoms with van der Waals surface area (Å²) in [6.07, 6.45) is 3.56. The van der Waals surface area contributed by atoms with Crippen molar-refractivity contribution in [1.82, 2.24) is 5.32 Å². The second-order valence-corrected chi connectivity index (χ2v) is 9.21. The van der Waals surface area contributed by atoms with Crippen LogP contribution in [0.3, 0.4) is 0 Å². The van der Waals surface area contributed by atoms with Crippen molar-refractivity contribution in [3.05, 3.63) is 69.2 Å². The quantitative estimate of drug-likeness (QED) is 0.478. The molecule has 6 nitrogen and oxygen atoms in total. The van der Waals surface area contributed by atoms with Crippen LogP contribution in [-0.4, -0.2) is 30.4 Å². The summed E-state index contributed by atoms with van der Waals surface area (Å²) in [5.41, 5.74) is 3.36. The minimum Gasteiger partial charge on any atom is -0.365 e. The van der Waals surface area contributed by atoms with E-state index >= 15 is 0 Å². The van der Waals surface area contributed by atoms with Crippen LogP contribution in [0.2, 0.25) is 10.0 Å². The first-order chi connectivity index (χ1) is 15.0. The lowest BCUT2D eigenvalue weighted by atomic mass is 9.88. The van der Waals surface area contributed by atoms with Gasteiger partial charge in [-0.1, -0.05) is 35.3 Å². The third kappa shape index (κ3) is 3.70. The van der Waals surface area contributed by atoms with Crippen molar-refractivity contribution in [2.24, 2.45) is 0 Å². The Labute approximate surface area is 196 Å². The molecule has 164 valence electrons. The zero-order chi connectivity index (χ0) is 23.4. The molecule has 2 aromatic carbocycles. The summed E-state index contributed by atoms with van der Waals surface area (Å²) in [7, 11) is 1.99. The molecule has 4 amide bonds. The van der Waals surface area contributed by atoms with Crippen LogP contribution in [0.1, 0.15) is 31.9 Å². The Morgan fingerprint density at radius 3 is 2.47 bits per heavy atom. The molecule has 0 bridgehead atoms. The molecule has 2 aromatic rings. The highest BCUT2D eigenvalue weighted by Gasteiger charge is 2.37. The van der Waals surface area contributed by atoms with E-state index in [1.54, 1.807) is 18.2 Å². The lowest BCUT2D eigenvalue weighted by Gasteiger charge is -2.40. The number of carbonyl (C=O) groups excluding carboxylic acids is 3. The summed E-state index contributed by atoms with van der Waals surface area (Å²) in [4.78, 5) is 41.1. The summed E-state index contributed by atoms with van der Waals surface area (Å²) >= 11 is 12.6. The molecule has 2 heterocycles. The van der Waals surface area contributed by atoms with E-state index in [1.807, 2.05) is 26.1 Å². The van der Waals surface area contributed by atoms with Crippen molar-refractivity contribution in [2.45, 2.75) is 26.3 Å². The number of hydrogen-bond acceptors (Lipinski definition) is 4. The number of carbonyl (C=O) groups is 3. The summed E-state index contributed by atoms with van der Waals surface area (Å²) < 4.78 is 0. The van der Waals surface area contributed by atoms with Crippen LogP contribution in [0.25, 0.3) is 11.6 Å². The molecule has 8 heteroatoms. The fourth-order valence-corrected chi connectivity index (χ4v) is 4.36. The Bertz CT molecular complexity index is 1250. The maximum absolute atomic E-state index is 13.1. The van der Waals surface area contributed by atoms with Crippen LogP contribution in [0, 0.1) is 0 Å². The molecule has 0 aromatic heterocycles. The Hall–Kier alpha value is -3.09. The number of imide groups is 2. The van der Waals surface area contributed by atoms with Gasteiger partial charge in [0.05, 0.1) is 11.2 Å². The molecular weight excluding hydrogens is 449 g/mol. The van der Waals surface area contributed by atoms with Gasteiger partial charge in [0.15, 0.2) is 0 Å². The SMILES string of the molecule is CC1=CC(C)(C)N(C)c2cc(Cl)c(/C=C3/C(=O)NC(=O)N(c4cccc(Cl)c4)C3=O)cc21. The minimum absolute atomic E-state index is 0.183. The average Bonchev–Trinajstić information content (AvgIpc) is 2.69. The Kier molecular flexibility index (Phi) is 5.39. The summed E-state index contributed by atoms with van der Waals surface area (Å²) in [5, 5.41) is 2.96. The fourth-order valence-electron chi connectivity index (χ4n) is 3.96. The number of allylic oxidation sites excluding steroid dienone is 1. The molecule has 0 unspecified atom stereocenters. The minimum atomic E-state index is -0.835. The molecule has 4 rings (SSSR count). The molecule has 1 N–H and O–H groups in total. The maximum atomic E-state index is 13.1. The maximum Gasteiger partial charge on any atom is 0.335 e. The Morgan fingerprint density at radius 1 is 1.06 bits per heavy atom. The molecule has 0 aliphatic carbocycles. The van der Waals surface area contributed by atoms with Gasteiger partial charge in [-0.05, 0) is 68.3 Å². The number of likely N-dealkylation sites (N-methyl/N-ethyl adjacent to an activating group) is 1. The first kappa shape index (κ1) is 22.1. The molecule has 1 fully saturated rings. The molecule has 0 atom stereocenters. The molecule has 32 heavy (non-hydrogen) atoms. The second-order valence-electron chi connectivity index (χ2n) is 8.37. The van der Waals surface area contributed by atoms with Crippen LogP contribution in [0.15, 0.2) is 48.0 Å². The largest absolute Gasteiger partial charge is 0.365 e. The van der Waals surface area contributed by atoms with E-state index in [4.69, 9.17) is 23.2 Å². The van der Waals surface area contributed by atoms with Gasteiger partial charge in [-0.3, -0.25) is 14.9 Å². The highest BCUT2D eigenvalue weighted by Crippen LogP contribution is 2.41. The lowest BCUT2D eigenvalue weighted by molar-refractivity contribution is -0.122. The number of barbiturate groups is 1. The molecule has 0 saturated carbocycles. The number of anilines is 2. The Morgan fingerprint density at radius 2 is 1.78 bits per heavy atom. The van der Waals surface area contributed by atoms with Gasteiger partial charge in [0.1, 0.15) is 5.57 Å². The molecule has 0 spiro atoms. The summed E-state index contributed by atoms with van der Waals surface area (Å²) in [6, 6.07) is 9.12. The number of urea groups is 1. The number of halogens is 2. The first-order valence-electron chi connectivity index (χ1n) is 9.94. The van der Waals surface area contributed by atoms with E-state index in [0.717, 1.165) is 21.7 Å². The average molecular weight is 470 g/mol. The number of fused-ring (bicyclic) bond motifs is 1. The van der Waals surface area contributed by atoms with Crippen LogP contribution < -0.4 is 15.1 Å². The van der Waals surface area contributed by atoms with E-state index in [1.165, 1.54) is 12.1 Å². The topological polar surface area (TPSA) is 69.7 Å². The predicted molar refractivity (Wildman–Crippen MR) is 128 cm³/mol. The number of hydrogen-bond donors (Lipinski definition) is 1. The van der Waals surface area contributed by atoms with Crippen molar-refractivity contribution in [3.63, 3.8) is 0 Å². The molecule has 0 radical (unpaired) electrons. The van der Waals surface area contributed by atoms with Crippen molar-refractivity contribution >= 4 is 64.1 Å². The second kappa shape index (κ2) is 7.80. The van der Waals surface area contributed by atoms with Crippen LogP contribution >= 0.6 is 23.2 Å². The van der Waals surface area contributed by atoms with Gasteiger partial charge in [0.25, 0.3) is 11.8 Å². The lowest BCUT2D eigenvalue weighted by Crippen LogP contribution is -2.54. The van der Waals surface area contributed by atoms with Crippen LogP contribution in [0.4, 0.5) is 16.2 Å². The van der Waals surface area contributed by atoms with Gasteiger partial charge in [0, 0.05) is 28.3 Å². The van der Waals surface area contributed by atoms with Crippen LogP contribution in [0.5, 0.6) is 0 Å². The highest BCUT2D eigenvalue weighted by atomic mass is 35.5. The summed E-state index contributed by atoms with van der Waals surface area (Å²) in [6.45, 7) is 6.22. The summed E-state index contributed by atoms with van der Waals surface area (Å²) in [5.74, 6) is -1.53. The number of amides is 4. The van der Waals surface area contributed by atoms with Gasteiger partial charge in [-0.2, -0.15) is 0 Å². The zero-order valence-corrected chi connectivity index (χ0v) is 19.5. The number of nitrogens with zero attached hydrogens (tertiary/aromatic N) is 2. The smallest absolute Gasteiger partial charge is 0.335 e. The highest BCUT2D eigenvalue weighted by molar-refractivity contribution is 6.40. The van der Waals surface area contributed by atoms with Gasteiger partial charge in [0.2, 0.25) is 0 Å². The van der Waals surface area contributed by atoms with E-state index in [2.05, 4.69) is 30.1 Å². The first-order valence-corrected chi connectivity index (χ1v) is 10.7. The van der Waals surface area contributed by atoms with E-state index in [-0.39, 0.29) is 16.8 Å². The predicted octanol–water partition coefficient (Wildman–Crippen LogP) is 5.29. The van der Waals surface area contributed by atoms with E-state index < -0.39 is 17.8 Å². The van der Waals surface area contributed by atoms with Crippen molar-refractivity contribution in [3.8, 4) is 0 Å². The normalized spacial score (nSPS) is 19.1. The van der Waals surface area contributed by atoms with Crippen molar-refractivity contribution in [1.29, 1.82) is 0 Å². The Balaban J connectivity index is 1.80. The number of nitrogens with one attached hydrogen (secondary N) is 1. The molecule has 2 aliphatic heterocycles. The van der Waals surface area contributed by atoms with E-state index in [0.29, 0.717) is 15.6 Å². The molecule has 2 aliphatic rings. The third-order valence-electron chi connectivity index (χ3n) is 5.80. The van der Waals surface area contributed by atoms with Gasteiger partial charge in [-0.15, -0.1) is 0 Å². The standard InChI is InChI=1S/C24H21Cl2N3O3/c1-13-12-24(2,3)28(4)20-11-19(26)14(8-17(13)20)9-18-21(30)27-23(32)29(22(18)31)16-7-5-6-15(25)10-16/h5-12H,1-4H3,(H,27,30,32)/b18-9-. The zero-order valence-electron chi connectivity index (χ0n) is 18.0. The number of benzene rings is 2. The van der Waals surface area contributed by atoms with Crippen molar-refractivity contribution < 1.29 is 14.4 Å².